The molecule has 3 nitrogen and oxygen atoms in total. The lowest BCUT2D eigenvalue weighted by Gasteiger charge is -2.14. The van der Waals surface area contributed by atoms with Gasteiger partial charge in [-0.3, -0.25) is 4.79 Å². The lowest BCUT2D eigenvalue weighted by atomic mass is 9.93. The van der Waals surface area contributed by atoms with E-state index in [2.05, 4.69) is 18.3 Å². The summed E-state index contributed by atoms with van der Waals surface area (Å²) in [5.41, 5.74) is 3.12. The molecule has 1 unspecified atom stereocenters. The molecule has 2 aromatic carbocycles. The number of amides is 1. The Balaban J connectivity index is 1.68. The van der Waals surface area contributed by atoms with Crippen LogP contribution in [0.2, 0.25) is 0 Å². The predicted octanol–water partition coefficient (Wildman–Crippen LogP) is 4.92. The van der Waals surface area contributed by atoms with Gasteiger partial charge in [-0.15, -0.1) is 0 Å². The third kappa shape index (κ3) is 3.78. The fraction of sp³-hybridized carbons (Fsp3) is 0.381. The number of hydrogen-bond donors (Lipinski definition) is 1. The lowest BCUT2D eigenvalue weighted by Crippen LogP contribution is -2.15. The topological polar surface area (TPSA) is 38.3 Å². The zero-order chi connectivity index (χ0) is 16.8. The van der Waals surface area contributed by atoms with Gasteiger partial charge < -0.3 is 10.1 Å². The molecule has 24 heavy (non-hydrogen) atoms. The number of nitrogens with one attached hydrogen (secondary N) is 1. The molecule has 0 bridgehead atoms. The van der Waals surface area contributed by atoms with Crippen LogP contribution in [0.25, 0.3) is 0 Å². The van der Waals surface area contributed by atoms with Crippen LogP contribution in [0, 0.1) is 0 Å². The van der Waals surface area contributed by atoms with Crippen LogP contribution >= 0.6 is 0 Å². The molecule has 1 heterocycles. The SMILES string of the molecule is CCCCCCOc1ccccc1CC1C(=O)Nc2ccccc21. The molecule has 126 valence electrons. The number of unbranched alkanes of at least 4 members (excludes halogenated alkanes) is 3. The number of fused-ring (bicyclic) bond motifs is 1. The highest BCUT2D eigenvalue weighted by Gasteiger charge is 2.30. The summed E-state index contributed by atoms with van der Waals surface area (Å²) in [6.07, 6.45) is 5.44. The molecule has 1 N–H and O–H groups in total. The first-order chi connectivity index (χ1) is 11.8. The van der Waals surface area contributed by atoms with E-state index in [4.69, 9.17) is 4.74 Å². The number of para-hydroxylation sites is 2. The van der Waals surface area contributed by atoms with Crippen molar-refractivity contribution in [1.82, 2.24) is 0 Å². The molecule has 2 aromatic rings. The maximum Gasteiger partial charge on any atom is 0.232 e. The minimum Gasteiger partial charge on any atom is -0.493 e. The van der Waals surface area contributed by atoms with Gasteiger partial charge in [-0.2, -0.15) is 0 Å². The summed E-state index contributed by atoms with van der Waals surface area (Å²) in [6.45, 7) is 2.95. The van der Waals surface area contributed by atoms with E-state index in [9.17, 15) is 4.79 Å². The number of carbonyl (C=O) groups excluding carboxylic acids is 1. The van der Waals surface area contributed by atoms with Crippen molar-refractivity contribution >= 4 is 11.6 Å². The van der Waals surface area contributed by atoms with Gasteiger partial charge in [0.15, 0.2) is 0 Å². The summed E-state index contributed by atoms with van der Waals surface area (Å²) >= 11 is 0. The van der Waals surface area contributed by atoms with Gasteiger partial charge in [0.1, 0.15) is 5.75 Å². The first kappa shape index (κ1) is 16.6. The summed E-state index contributed by atoms with van der Waals surface area (Å²) in [7, 11) is 0. The van der Waals surface area contributed by atoms with E-state index in [1.807, 2.05) is 42.5 Å². The molecule has 3 rings (SSSR count). The first-order valence-electron chi connectivity index (χ1n) is 8.90. The van der Waals surface area contributed by atoms with Gasteiger partial charge in [0.05, 0.1) is 12.5 Å². The van der Waals surface area contributed by atoms with Crippen LogP contribution in [0.5, 0.6) is 5.75 Å². The smallest absolute Gasteiger partial charge is 0.232 e. The van der Waals surface area contributed by atoms with Crippen LogP contribution in [0.4, 0.5) is 5.69 Å². The second kappa shape index (κ2) is 8.00. The van der Waals surface area contributed by atoms with Crippen LogP contribution < -0.4 is 10.1 Å². The fourth-order valence-corrected chi connectivity index (χ4v) is 3.22. The van der Waals surface area contributed by atoms with Crippen molar-refractivity contribution in [2.75, 3.05) is 11.9 Å². The monoisotopic (exact) mass is 323 g/mol. The van der Waals surface area contributed by atoms with Crippen molar-refractivity contribution in [2.24, 2.45) is 0 Å². The standard InChI is InChI=1S/C21H25NO2/c1-2-3-4-9-14-24-20-13-8-5-10-16(20)15-18-17-11-6-7-12-19(17)22-21(18)23/h5-8,10-13,18H,2-4,9,14-15H2,1H3,(H,22,23). The van der Waals surface area contributed by atoms with Crippen LogP contribution in [0.15, 0.2) is 48.5 Å². The third-order valence-corrected chi connectivity index (χ3v) is 4.56. The Hall–Kier alpha value is -2.29. The molecule has 1 amide bonds. The van der Waals surface area contributed by atoms with Crippen LogP contribution in [0.3, 0.4) is 0 Å². The number of benzene rings is 2. The zero-order valence-corrected chi connectivity index (χ0v) is 14.3. The summed E-state index contributed by atoms with van der Waals surface area (Å²) in [5, 5.41) is 2.97. The maximum atomic E-state index is 12.3. The average molecular weight is 323 g/mol. The van der Waals surface area contributed by atoms with Crippen molar-refractivity contribution in [3.8, 4) is 5.75 Å². The Morgan fingerprint density at radius 2 is 1.79 bits per heavy atom. The Bertz CT molecular complexity index is 696. The quantitative estimate of drug-likeness (QED) is 0.700. The predicted molar refractivity (Wildman–Crippen MR) is 97.6 cm³/mol. The maximum absolute atomic E-state index is 12.3. The van der Waals surface area contributed by atoms with Gasteiger partial charge in [-0.05, 0) is 36.1 Å². The minimum atomic E-state index is -0.133. The zero-order valence-electron chi connectivity index (χ0n) is 14.3. The van der Waals surface area contributed by atoms with Crippen LogP contribution in [-0.2, 0) is 11.2 Å². The molecule has 3 heteroatoms. The minimum absolute atomic E-state index is 0.0777. The van der Waals surface area contributed by atoms with Crippen LogP contribution in [-0.4, -0.2) is 12.5 Å². The Morgan fingerprint density at radius 1 is 1.00 bits per heavy atom. The van der Waals surface area contributed by atoms with E-state index < -0.39 is 0 Å². The highest BCUT2D eigenvalue weighted by atomic mass is 16.5. The van der Waals surface area contributed by atoms with Gasteiger partial charge in [0.25, 0.3) is 0 Å². The first-order valence-corrected chi connectivity index (χ1v) is 8.90. The van der Waals surface area contributed by atoms with Crippen molar-refractivity contribution in [3.05, 3.63) is 59.7 Å². The summed E-state index contributed by atoms with van der Waals surface area (Å²) < 4.78 is 5.99. The highest BCUT2D eigenvalue weighted by Crippen LogP contribution is 2.36. The largest absolute Gasteiger partial charge is 0.493 e. The van der Waals surface area contributed by atoms with Gasteiger partial charge in [0, 0.05) is 5.69 Å². The molecule has 0 spiro atoms. The number of carbonyl (C=O) groups is 1. The molecule has 0 radical (unpaired) electrons. The second-order valence-corrected chi connectivity index (χ2v) is 6.35. The molecule has 0 aromatic heterocycles. The van der Waals surface area contributed by atoms with E-state index in [1.165, 1.54) is 19.3 Å². The fourth-order valence-electron chi connectivity index (χ4n) is 3.22. The van der Waals surface area contributed by atoms with Crippen molar-refractivity contribution in [1.29, 1.82) is 0 Å². The van der Waals surface area contributed by atoms with Crippen molar-refractivity contribution in [2.45, 2.75) is 44.9 Å². The summed E-state index contributed by atoms with van der Waals surface area (Å²) in [6, 6.07) is 16.0. The van der Waals surface area contributed by atoms with Gasteiger partial charge >= 0.3 is 0 Å². The molecule has 1 atom stereocenters. The Morgan fingerprint density at radius 3 is 2.67 bits per heavy atom. The van der Waals surface area contributed by atoms with Gasteiger partial charge in [0.2, 0.25) is 5.91 Å². The van der Waals surface area contributed by atoms with E-state index >= 15 is 0 Å². The second-order valence-electron chi connectivity index (χ2n) is 6.35. The van der Waals surface area contributed by atoms with Crippen molar-refractivity contribution < 1.29 is 9.53 Å². The van der Waals surface area contributed by atoms with E-state index in [0.717, 1.165) is 35.6 Å². The average Bonchev–Trinajstić information content (AvgIpc) is 2.92. The van der Waals surface area contributed by atoms with E-state index in [0.29, 0.717) is 6.42 Å². The van der Waals surface area contributed by atoms with Gasteiger partial charge in [-0.1, -0.05) is 62.6 Å². The number of hydrogen-bond acceptors (Lipinski definition) is 2. The lowest BCUT2D eigenvalue weighted by molar-refractivity contribution is -0.117. The number of rotatable bonds is 8. The van der Waals surface area contributed by atoms with Crippen molar-refractivity contribution in [3.63, 3.8) is 0 Å². The molecule has 0 aliphatic carbocycles. The number of anilines is 1. The third-order valence-electron chi connectivity index (χ3n) is 4.56. The Labute approximate surface area is 144 Å². The van der Waals surface area contributed by atoms with Gasteiger partial charge in [-0.25, -0.2) is 0 Å². The summed E-state index contributed by atoms with van der Waals surface area (Å²) in [4.78, 5) is 12.3. The number of ether oxygens (including phenoxy) is 1. The molecule has 0 saturated carbocycles. The molecule has 0 saturated heterocycles. The highest BCUT2D eigenvalue weighted by molar-refractivity contribution is 6.03. The Kier molecular flexibility index (Phi) is 5.52. The van der Waals surface area contributed by atoms with E-state index in [1.54, 1.807) is 0 Å². The van der Waals surface area contributed by atoms with Crippen LogP contribution in [0.1, 0.15) is 49.7 Å². The molecule has 1 aliphatic rings. The summed E-state index contributed by atoms with van der Waals surface area (Å²) in [5.74, 6) is 0.853. The molecule has 0 fully saturated rings. The van der Waals surface area contributed by atoms with E-state index in [-0.39, 0.29) is 11.8 Å². The molecular weight excluding hydrogens is 298 g/mol. The molecule has 1 aliphatic heterocycles. The molecular formula is C21H25NO2. The normalized spacial score (nSPS) is 15.9.